The molecule has 0 aliphatic carbocycles. The molecule has 1 rings (SSSR count). The lowest BCUT2D eigenvalue weighted by atomic mass is 10.1. The molecule has 0 aromatic carbocycles. The molecule has 1 fully saturated rings. The van der Waals surface area contributed by atoms with E-state index in [2.05, 4.69) is 5.32 Å². The van der Waals surface area contributed by atoms with Crippen molar-refractivity contribution >= 4 is 29.7 Å². The maximum absolute atomic E-state index is 12.2. The van der Waals surface area contributed by atoms with E-state index in [-0.39, 0.29) is 23.2 Å². The van der Waals surface area contributed by atoms with Gasteiger partial charge in [0.15, 0.2) is 0 Å². The Morgan fingerprint density at radius 2 is 2.05 bits per heavy atom. The zero-order valence-electron chi connectivity index (χ0n) is 12.4. The molecule has 0 saturated carbocycles. The molecule has 21 heavy (non-hydrogen) atoms. The topological polar surface area (TPSA) is 113 Å². The van der Waals surface area contributed by atoms with Gasteiger partial charge in [0, 0.05) is 18.7 Å². The molecule has 3 amide bonds. The van der Waals surface area contributed by atoms with E-state index < -0.39 is 12.0 Å². The van der Waals surface area contributed by atoms with Gasteiger partial charge < -0.3 is 16.2 Å². The molecular formula is C13H23N3O4S. The van der Waals surface area contributed by atoms with E-state index in [0.717, 1.165) is 0 Å². The van der Waals surface area contributed by atoms with Gasteiger partial charge in [0.25, 0.3) is 0 Å². The van der Waals surface area contributed by atoms with Crippen LogP contribution in [-0.4, -0.2) is 51.6 Å². The molecule has 2 unspecified atom stereocenters. The maximum Gasteiger partial charge on any atom is 0.327 e. The van der Waals surface area contributed by atoms with Crippen molar-refractivity contribution in [2.75, 3.05) is 12.3 Å². The zero-order valence-corrected chi connectivity index (χ0v) is 13.2. The highest BCUT2D eigenvalue weighted by molar-refractivity contribution is 8.00. The molecule has 2 atom stereocenters. The number of unbranched alkanes of at least 4 members (excludes halogenated alkanes) is 1. The number of nitrogens with two attached hydrogens (primary N) is 1. The van der Waals surface area contributed by atoms with Crippen LogP contribution in [0.15, 0.2) is 0 Å². The van der Waals surface area contributed by atoms with Crippen molar-refractivity contribution in [2.24, 2.45) is 11.7 Å². The number of thioether (sulfide) groups is 1. The monoisotopic (exact) mass is 317 g/mol. The van der Waals surface area contributed by atoms with Crippen LogP contribution in [0.3, 0.4) is 0 Å². The number of hydrogen-bond acceptors (Lipinski definition) is 4. The van der Waals surface area contributed by atoms with E-state index in [4.69, 9.17) is 5.73 Å². The van der Waals surface area contributed by atoms with Crippen LogP contribution in [0.1, 0.15) is 33.1 Å². The molecule has 0 aromatic heterocycles. The summed E-state index contributed by atoms with van der Waals surface area (Å²) in [5, 5.41) is 11.8. The number of nitrogens with zero attached hydrogens (tertiary/aromatic N) is 1. The fourth-order valence-corrected chi connectivity index (χ4v) is 3.67. The Kier molecular flexibility index (Phi) is 6.80. The van der Waals surface area contributed by atoms with Crippen molar-refractivity contribution in [1.29, 1.82) is 0 Å². The van der Waals surface area contributed by atoms with Gasteiger partial charge in [-0.2, -0.15) is 0 Å². The predicted octanol–water partition coefficient (Wildman–Crippen LogP) is 0.836. The Bertz CT molecular complexity index is 403. The number of carboxylic acid groups (broad SMARTS) is 1. The first kappa shape index (κ1) is 17.6. The first-order chi connectivity index (χ1) is 9.84. The van der Waals surface area contributed by atoms with Gasteiger partial charge in [-0.3, -0.25) is 9.69 Å². The Hall–Kier alpha value is -1.44. The van der Waals surface area contributed by atoms with E-state index in [9.17, 15) is 19.5 Å². The molecule has 0 spiro atoms. The van der Waals surface area contributed by atoms with Gasteiger partial charge in [-0.05, 0) is 18.8 Å². The third-order valence-electron chi connectivity index (χ3n) is 3.25. The molecule has 1 heterocycles. The van der Waals surface area contributed by atoms with E-state index in [1.807, 2.05) is 13.8 Å². The normalized spacial score (nSPS) is 21.6. The van der Waals surface area contributed by atoms with Crippen LogP contribution >= 0.6 is 11.8 Å². The van der Waals surface area contributed by atoms with E-state index in [0.29, 0.717) is 31.6 Å². The number of urea groups is 1. The second kappa shape index (κ2) is 8.11. The number of amides is 3. The summed E-state index contributed by atoms with van der Waals surface area (Å²) in [5.41, 5.74) is 5.03. The fraction of sp³-hybridized carbons (Fsp3) is 0.769. The Balaban J connectivity index is 2.51. The number of primary amides is 1. The third kappa shape index (κ3) is 5.11. The van der Waals surface area contributed by atoms with Crippen molar-refractivity contribution in [3.05, 3.63) is 0 Å². The summed E-state index contributed by atoms with van der Waals surface area (Å²) in [4.78, 5) is 35.5. The molecule has 120 valence electrons. The van der Waals surface area contributed by atoms with Gasteiger partial charge in [0.1, 0.15) is 6.04 Å². The first-order valence-corrected chi connectivity index (χ1v) is 8.08. The molecule has 1 saturated heterocycles. The van der Waals surface area contributed by atoms with Gasteiger partial charge in [0.2, 0.25) is 5.91 Å². The smallest absolute Gasteiger partial charge is 0.327 e. The van der Waals surface area contributed by atoms with Crippen LogP contribution in [0.5, 0.6) is 0 Å². The van der Waals surface area contributed by atoms with Crippen LogP contribution in [-0.2, 0) is 9.59 Å². The standard InChI is InChI=1S/C13H23N3O4S/c1-8(2)11-16(9(7-21-11)12(18)19)13(20)15-6-4-3-5-10(14)17/h8-9,11H,3-7H2,1-2H3,(H2,14,17)(H,15,20)(H,18,19). The van der Waals surface area contributed by atoms with Gasteiger partial charge >= 0.3 is 12.0 Å². The molecule has 7 nitrogen and oxygen atoms in total. The lowest BCUT2D eigenvalue weighted by molar-refractivity contribution is -0.141. The van der Waals surface area contributed by atoms with E-state index >= 15 is 0 Å². The number of hydrogen-bond donors (Lipinski definition) is 3. The third-order valence-corrected chi connectivity index (χ3v) is 4.87. The minimum atomic E-state index is -0.977. The summed E-state index contributed by atoms with van der Waals surface area (Å²) in [6.45, 7) is 4.34. The minimum absolute atomic E-state index is 0.128. The van der Waals surface area contributed by atoms with Crippen LogP contribution in [0.2, 0.25) is 0 Å². The number of aliphatic carboxylic acids is 1. The quantitative estimate of drug-likeness (QED) is 0.602. The Morgan fingerprint density at radius 1 is 1.38 bits per heavy atom. The number of carbonyl (C=O) groups is 3. The SMILES string of the molecule is CC(C)C1SCC(C(=O)O)N1C(=O)NCCCCC(N)=O. The van der Waals surface area contributed by atoms with Crippen molar-refractivity contribution < 1.29 is 19.5 Å². The molecule has 0 aromatic rings. The first-order valence-electron chi connectivity index (χ1n) is 7.03. The van der Waals surface area contributed by atoms with Gasteiger partial charge in [0.05, 0.1) is 5.37 Å². The Labute approximate surface area is 128 Å². The van der Waals surface area contributed by atoms with E-state index in [1.54, 1.807) is 0 Å². The largest absolute Gasteiger partial charge is 0.480 e. The molecule has 0 bridgehead atoms. The summed E-state index contributed by atoms with van der Waals surface area (Å²) in [5.74, 6) is -0.745. The molecule has 8 heteroatoms. The predicted molar refractivity (Wildman–Crippen MR) is 80.8 cm³/mol. The second-order valence-electron chi connectivity index (χ2n) is 5.38. The number of rotatable bonds is 7. The summed E-state index contributed by atoms with van der Waals surface area (Å²) in [6, 6.07) is -1.14. The van der Waals surface area contributed by atoms with Gasteiger partial charge in [-0.25, -0.2) is 9.59 Å². The number of carbonyl (C=O) groups excluding carboxylic acids is 2. The molecular weight excluding hydrogens is 294 g/mol. The summed E-state index contributed by atoms with van der Waals surface area (Å²) < 4.78 is 0. The van der Waals surface area contributed by atoms with Crippen LogP contribution in [0.25, 0.3) is 0 Å². The van der Waals surface area contributed by atoms with Crippen molar-refractivity contribution in [2.45, 2.75) is 44.5 Å². The van der Waals surface area contributed by atoms with Crippen molar-refractivity contribution in [3.8, 4) is 0 Å². The van der Waals surface area contributed by atoms with Gasteiger partial charge in [-0.15, -0.1) is 11.8 Å². The summed E-state index contributed by atoms with van der Waals surface area (Å²) >= 11 is 1.49. The highest BCUT2D eigenvalue weighted by Gasteiger charge is 2.42. The van der Waals surface area contributed by atoms with Crippen molar-refractivity contribution in [1.82, 2.24) is 10.2 Å². The van der Waals surface area contributed by atoms with Crippen LogP contribution in [0.4, 0.5) is 4.79 Å². The molecule has 1 aliphatic rings. The minimum Gasteiger partial charge on any atom is -0.480 e. The van der Waals surface area contributed by atoms with Crippen LogP contribution < -0.4 is 11.1 Å². The molecule has 1 aliphatic heterocycles. The number of nitrogens with one attached hydrogen (secondary N) is 1. The lowest BCUT2D eigenvalue weighted by Crippen LogP contribution is -2.51. The zero-order chi connectivity index (χ0) is 16.0. The Morgan fingerprint density at radius 3 is 2.57 bits per heavy atom. The molecule has 4 N–H and O–H groups in total. The second-order valence-corrected chi connectivity index (χ2v) is 6.53. The average Bonchev–Trinajstić information content (AvgIpc) is 2.82. The highest BCUT2D eigenvalue weighted by atomic mass is 32.2. The molecule has 0 radical (unpaired) electrons. The highest BCUT2D eigenvalue weighted by Crippen LogP contribution is 2.33. The average molecular weight is 317 g/mol. The number of carboxylic acids is 1. The van der Waals surface area contributed by atoms with Crippen molar-refractivity contribution in [3.63, 3.8) is 0 Å². The maximum atomic E-state index is 12.2. The fourth-order valence-electron chi connectivity index (χ4n) is 2.20. The van der Waals surface area contributed by atoms with Gasteiger partial charge in [-0.1, -0.05) is 13.8 Å². The van der Waals surface area contributed by atoms with Crippen LogP contribution in [0, 0.1) is 5.92 Å². The summed E-state index contributed by atoms with van der Waals surface area (Å²) in [7, 11) is 0. The summed E-state index contributed by atoms with van der Waals surface area (Å²) in [6.07, 6.45) is 1.54. The lowest BCUT2D eigenvalue weighted by Gasteiger charge is -2.29. The van der Waals surface area contributed by atoms with E-state index in [1.165, 1.54) is 16.7 Å².